The average Bonchev–Trinajstić information content (AvgIpc) is 2.72. The fourth-order valence-corrected chi connectivity index (χ4v) is 4.28. The maximum Gasteiger partial charge on any atom is 0.303 e. The molecule has 0 unspecified atom stereocenters. The van der Waals surface area contributed by atoms with Gasteiger partial charge < -0.3 is 9.22 Å². The van der Waals surface area contributed by atoms with Crippen LogP contribution < -0.4 is 0 Å². The molecule has 132 valence electrons. The van der Waals surface area contributed by atoms with Crippen molar-refractivity contribution in [3.63, 3.8) is 0 Å². The lowest BCUT2D eigenvalue weighted by molar-refractivity contribution is -0.892. The van der Waals surface area contributed by atoms with Crippen molar-refractivity contribution >= 4 is 5.97 Å². The van der Waals surface area contributed by atoms with Crippen LogP contribution in [-0.4, -0.2) is 43.7 Å². The summed E-state index contributed by atoms with van der Waals surface area (Å²) in [5.41, 5.74) is 2.16. The highest BCUT2D eigenvalue weighted by atomic mass is 16.5. The third kappa shape index (κ3) is 3.62. The van der Waals surface area contributed by atoms with Gasteiger partial charge in [-0.1, -0.05) is 60.7 Å². The van der Waals surface area contributed by atoms with E-state index in [9.17, 15) is 4.79 Å². The molecule has 3 heteroatoms. The van der Waals surface area contributed by atoms with Crippen LogP contribution in [0.25, 0.3) is 0 Å². The van der Waals surface area contributed by atoms with Crippen LogP contribution in [-0.2, 0) is 14.9 Å². The van der Waals surface area contributed by atoms with E-state index >= 15 is 0 Å². The molecule has 0 radical (unpaired) electrons. The Hall–Kier alpha value is -2.13. The second kappa shape index (κ2) is 7.01. The molecule has 1 atom stereocenters. The molecule has 1 fully saturated rings. The van der Waals surface area contributed by atoms with Crippen LogP contribution in [0.5, 0.6) is 0 Å². The smallest absolute Gasteiger partial charge is 0.303 e. The monoisotopic (exact) mass is 338 g/mol. The quantitative estimate of drug-likeness (QED) is 0.629. The van der Waals surface area contributed by atoms with Crippen molar-refractivity contribution in [3.05, 3.63) is 71.8 Å². The molecule has 0 aliphatic carbocycles. The van der Waals surface area contributed by atoms with Crippen molar-refractivity contribution in [3.8, 4) is 0 Å². The van der Waals surface area contributed by atoms with E-state index in [-0.39, 0.29) is 17.5 Å². The largest absolute Gasteiger partial charge is 0.455 e. The van der Waals surface area contributed by atoms with Gasteiger partial charge in [-0.3, -0.25) is 4.79 Å². The molecule has 1 aliphatic heterocycles. The highest BCUT2D eigenvalue weighted by Crippen LogP contribution is 2.43. The molecule has 0 N–H and O–H groups in total. The summed E-state index contributed by atoms with van der Waals surface area (Å²) in [6, 6.07) is 21.1. The molecule has 0 aromatic heterocycles. The molecule has 1 saturated heterocycles. The van der Waals surface area contributed by atoms with Gasteiger partial charge in [0.15, 0.2) is 6.10 Å². The maximum absolute atomic E-state index is 12.0. The van der Waals surface area contributed by atoms with Gasteiger partial charge in [-0.05, 0) is 24.0 Å². The fraction of sp³-hybridized carbons (Fsp3) is 0.409. The molecular weight excluding hydrogens is 310 g/mol. The van der Waals surface area contributed by atoms with E-state index in [1.807, 2.05) is 12.1 Å². The topological polar surface area (TPSA) is 26.3 Å². The van der Waals surface area contributed by atoms with Gasteiger partial charge in [0.25, 0.3) is 0 Å². The number of likely N-dealkylation sites (tertiary alicyclic amines) is 1. The Bertz CT molecular complexity index is 670. The van der Waals surface area contributed by atoms with Gasteiger partial charge in [0, 0.05) is 6.92 Å². The number of hydrogen-bond acceptors (Lipinski definition) is 2. The molecule has 1 heterocycles. The standard InChI is InChI=1S/C22H28NO2/c1-18(24)25-21-17-23(2,3)16-10-15-22(21,19-11-6-4-7-12-19)20-13-8-5-9-14-20/h4-9,11-14,21H,10,15-17H2,1-3H3/q+1/t21-/m1/s1. The van der Waals surface area contributed by atoms with Crippen molar-refractivity contribution in [2.75, 3.05) is 27.2 Å². The Morgan fingerprint density at radius 2 is 1.52 bits per heavy atom. The van der Waals surface area contributed by atoms with Crippen molar-refractivity contribution in [1.82, 2.24) is 0 Å². The predicted octanol–water partition coefficient (Wildman–Crippen LogP) is 3.77. The molecular formula is C22H28NO2+. The van der Waals surface area contributed by atoms with Crippen LogP contribution in [0, 0.1) is 0 Å². The van der Waals surface area contributed by atoms with E-state index in [0.29, 0.717) is 0 Å². The molecule has 2 aromatic carbocycles. The number of ether oxygens (including phenoxy) is 1. The second-order valence-electron chi connectivity index (χ2n) is 7.75. The van der Waals surface area contributed by atoms with Gasteiger partial charge in [0.1, 0.15) is 6.54 Å². The van der Waals surface area contributed by atoms with Crippen LogP contribution in [0.3, 0.4) is 0 Å². The van der Waals surface area contributed by atoms with E-state index in [1.165, 1.54) is 18.1 Å². The summed E-state index contributed by atoms with van der Waals surface area (Å²) in [6.07, 6.45) is 1.88. The first kappa shape index (κ1) is 17.7. The van der Waals surface area contributed by atoms with Gasteiger partial charge in [-0.15, -0.1) is 0 Å². The number of carbonyl (C=O) groups excluding carboxylic acids is 1. The zero-order valence-corrected chi connectivity index (χ0v) is 15.4. The lowest BCUT2D eigenvalue weighted by Crippen LogP contribution is -2.52. The number of likely N-dealkylation sites (N-methyl/N-ethyl adjacent to an activating group) is 1. The molecule has 1 aliphatic rings. The molecule has 25 heavy (non-hydrogen) atoms. The Labute approximate surface area is 150 Å². The van der Waals surface area contributed by atoms with Crippen molar-refractivity contribution in [1.29, 1.82) is 0 Å². The minimum Gasteiger partial charge on any atom is -0.455 e. The summed E-state index contributed by atoms with van der Waals surface area (Å²) in [5.74, 6) is -0.205. The molecule has 0 spiro atoms. The average molecular weight is 338 g/mol. The van der Waals surface area contributed by atoms with E-state index in [4.69, 9.17) is 4.74 Å². The van der Waals surface area contributed by atoms with Crippen molar-refractivity contribution in [2.45, 2.75) is 31.3 Å². The molecule has 3 nitrogen and oxygen atoms in total. The summed E-state index contributed by atoms with van der Waals surface area (Å²) >= 11 is 0. The Morgan fingerprint density at radius 1 is 1.00 bits per heavy atom. The van der Waals surface area contributed by atoms with Gasteiger partial charge in [0.05, 0.1) is 26.1 Å². The highest BCUT2D eigenvalue weighted by molar-refractivity contribution is 5.66. The number of quaternary nitrogens is 1. The molecule has 0 bridgehead atoms. The van der Waals surface area contributed by atoms with Gasteiger partial charge in [-0.25, -0.2) is 0 Å². The zero-order valence-electron chi connectivity index (χ0n) is 15.4. The van der Waals surface area contributed by atoms with E-state index in [1.54, 1.807) is 0 Å². The minimum absolute atomic E-state index is 0.188. The van der Waals surface area contributed by atoms with E-state index in [2.05, 4.69) is 62.6 Å². The summed E-state index contributed by atoms with van der Waals surface area (Å²) in [6.45, 7) is 3.41. The number of benzene rings is 2. The first-order chi connectivity index (χ1) is 11.9. The van der Waals surface area contributed by atoms with Gasteiger partial charge >= 0.3 is 5.97 Å². The normalized spacial score (nSPS) is 22.0. The van der Waals surface area contributed by atoms with Crippen LogP contribution in [0.2, 0.25) is 0 Å². The summed E-state index contributed by atoms with van der Waals surface area (Å²) in [5, 5.41) is 0. The van der Waals surface area contributed by atoms with E-state index < -0.39 is 0 Å². The highest BCUT2D eigenvalue weighted by Gasteiger charge is 2.48. The van der Waals surface area contributed by atoms with Crippen molar-refractivity contribution in [2.24, 2.45) is 0 Å². The van der Waals surface area contributed by atoms with Crippen LogP contribution >= 0.6 is 0 Å². The maximum atomic E-state index is 12.0. The first-order valence-electron chi connectivity index (χ1n) is 9.04. The lowest BCUT2D eigenvalue weighted by atomic mass is 9.67. The van der Waals surface area contributed by atoms with Crippen LogP contribution in [0.4, 0.5) is 0 Å². The second-order valence-corrected chi connectivity index (χ2v) is 7.75. The SMILES string of the molecule is CC(=O)O[C@@H]1C[N+](C)(C)CCCC1(c1ccccc1)c1ccccc1. The summed E-state index contributed by atoms with van der Waals surface area (Å²) in [4.78, 5) is 12.0. The number of nitrogens with zero attached hydrogens (tertiary/aromatic N) is 1. The Kier molecular flexibility index (Phi) is 4.96. The fourth-order valence-electron chi connectivity index (χ4n) is 4.28. The molecule has 0 amide bonds. The number of esters is 1. The Morgan fingerprint density at radius 3 is 2.00 bits per heavy atom. The van der Waals surface area contributed by atoms with Gasteiger partial charge in [-0.2, -0.15) is 0 Å². The number of rotatable bonds is 3. The number of carbonyl (C=O) groups is 1. The zero-order chi connectivity index (χ0) is 17.9. The van der Waals surface area contributed by atoms with Crippen LogP contribution in [0.15, 0.2) is 60.7 Å². The third-order valence-electron chi connectivity index (χ3n) is 5.43. The Balaban J connectivity index is 2.21. The predicted molar refractivity (Wildman–Crippen MR) is 100 cm³/mol. The van der Waals surface area contributed by atoms with Crippen molar-refractivity contribution < 1.29 is 14.0 Å². The molecule has 2 aromatic rings. The molecule has 0 saturated carbocycles. The van der Waals surface area contributed by atoms with Crippen LogP contribution in [0.1, 0.15) is 30.9 Å². The lowest BCUT2D eigenvalue weighted by Gasteiger charge is -2.41. The summed E-state index contributed by atoms with van der Waals surface area (Å²) < 4.78 is 6.84. The number of hydrogen-bond donors (Lipinski definition) is 0. The van der Waals surface area contributed by atoms with E-state index in [0.717, 1.165) is 30.4 Å². The summed E-state index contributed by atoms with van der Waals surface area (Å²) in [7, 11) is 4.45. The minimum atomic E-state index is -0.305. The first-order valence-corrected chi connectivity index (χ1v) is 9.04. The van der Waals surface area contributed by atoms with Gasteiger partial charge in [0.2, 0.25) is 0 Å². The third-order valence-corrected chi connectivity index (χ3v) is 5.43. The molecule has 3 rings (SSSR count).